The lowest BCUT2D eigenvalue weighted by Crippen LogP contribution is -2.18. The quantitative estimate of drug-likeness (QED) is 0.252. The third-order valence-corrected chi connectivity index (χ3v) is 4.39. The molecule has 26 heavy (non-hydrogen) atoms. The van der Waals surface area contributed by atoms with Crippen LogP contribution < -0.4 is 5.32 Å². The number of hydrogen-bond acceptors (Lipinski definition) is 7. The molecule has 0 aliphatic carbocycles. The van der Waals surface area contributed by atoms with Gasteiger partial charge >= 0.3 is 0 Å². The van der Waals surface area contributed by atoms with E-state index >= 15 is 0 Å². The molecule has 0 atom stereocenters. The molecule has 0 radical (unpaired) electrons. The molecule has 0 fully saturated rings. The third-order valence-electron chi connectivity index (χ3n) is 3.51. The fourth-order valence-electron chi connectivity index (χ4n) is 2.25. The molecule has 2 aromatic rings. The zero-order chi connectivity index (χ0) is 19.3. The van der Waals surface area contributed by atoms with Gasteiger partial charge in [0, 0.05) is 17.9 Å². The Hall–Kier alpha value is -2.58. The van der Waals surface area contributed by atoms with Crippen molar-refractivity contribution in [3.05, 3.63) is 47.0 Å². The van der Waals surface area contributed by atoms with Crippen LogP contribution in [0.3, 0.4) is 0 Å². The number of phenols is 5. The molecule has 0 saturated carbocycles. The standard InChI is InChI=1S/C18H19NO5S2/c1-26-9-12-4-10(5-13(20)17(12)23)2-3-16(25)19-8-11-6-14(21)18(24)15(22)7-11/h2-7,20-24H,8-9H2,1H3,(H,19,25)/b3-2+. The number of phenolic OH excluding ortho intramolecular Hbond substituents is 5. The predicted molar refractivity (Wildman–Crippen MR) is 107 cm³/mol. The SMILES string of the molecule is CSCc1cc(/C=C/C(=S)NCc2cc(O)c(O)c(O)c2)cc(O)c1O. The lowest BCUT2D eigenvalue weighted by atomic mass is 10.1. The molecule has 2 aromatic carbocycles. The molecular weight excluding hydrogens is 374 g/mol. The van der Waals surface area contributed by atoms with Crippen molar-refractivity contribution in [2.24, 2.45) is 0 Å². The molecule has 6 nitrogen and oxygen atoms in total. The van der Waals surface area contributed by atoms with Gasteiger partial charge in [0.15, 0.2) is 28.7 Å². The molecule has 0 aliphatic heterocycles. The second kappa shape index (κ2) is 8.68. The highest BCUT2D eigenvalue weighted by molar-refractivity contribution is 7.97. The largest absolute Gasteiger partial charge is 0.504 e. The number of hydrogen-bond donors (Lipinski definition) is 6. The molecule has 0 heterocycles. The average molecular weight is 393 g/mol. The molecule has 0 bridgehead atoms. The van der Waals surface area contributed by atoms with E-state index in [4.69, 9.17) is 12.2 Å². The molecule has 6 N–H and O–H groups in total. The number of aromatic hydroxyl groups is 5. The minimum atomic E-state index is -0.565. The van der Waals surface area contributed by atoms with E-state index in [9.17, 15) is 25.5 Å². The van der Waals surface area contributed by atoms with E-state index in [1.807, 2.05) is 6.26 Å². The molecule has 0 spiro atoms. The summed E-state index contributed by atoms with van der Waals surface area (Å²) in [7, 11) is 0. The number of thioether (sulfide) groups is 1. The zero-order valence-electron chi connectivity index (χ0n) is 13.9. The van der Waals surface area contributed by atoms with Crippen LogP contribution in [0, 0.1) is 0 Å². The Morgan fingerprint density at radius 2 is 1.62 bits per heavy atom. The summed E-state index contributed by atoms with van der Waals surface area (Å²) >= 11 is 6.73. The number of thiocarbonyl (C=S) groups is 1. The molecule has 138 valence electrons. The smallest absolute Gasteiger partial charge is 0.200 e. The van der Waals surface area contributed by atoms with Gasteiger partial charge in [-0.15, -0.1) is 0 Å². The minimum Gasteiger partial charge on any atom is -0.504 e. The van der Waals surface area contributed by atoms with E-state index in [1.54, 1.807) is 18.2 Å². The lowest BCUT2D eigenvalue weighted by Gasteiger charge is -2.08. The van der Waals surface area contributed by atoms with Crippen molar-refractivity contribution in [2.45, 2.75) is 12.3 Å². The van der Waals surface area contributed by atoms with Crippen LogP contribution in [0.25, 0.3) is 6.08 Å². The topological polar surface area (TPSA) is 113 Å². The lowest BCUT2D eigenvalue weighted by molar-refractivity contribution is 0.367. The summed E-state index contributed by atoms with van der Waals surface area (Å²) < 4.78 is 0. The normalized spacial score (nSPS) is 11.0. The first-order chi connectivity index (χ1) is 12.3. The van der Waals surface area contributed by atoms with E-state index in [1.165, 1.54) is 30.0 Å². The van der Waals surface area contributed by atoms with E-state index in [2.05, 4.69) is 5.32 Å². The van der Waals surface area contributed by atoms with E-state index in [-0.39, 0.29) is 18.0 Å². The summed E-state index contributed by atoms with van der Waals surface area (Å²) in [6.45, 7) is 0.239. The van der Waals surface area contributed by atoms with Crippen LogP contribution in [0.15, 0.2) is 30.3 Å². The van der Waals surface area contributed by atoms with Crippen molar-refractivity contribution in [1.29, 1.82) is 0 Å². The van der Waals surface area contributed by atoms with E-state index in [0.717, 1.165) is 0 Å². The number of nitrogens with one attached hydrogen (secondary N) is 1. The van der Waals surface area contributed by atoms with Crippen LogP contribution in [0.5, 0.6) is 28.7 Å². The Morgan fingerprint density at radius 1 is 1.00 bits per heavy atom. The van der Waals surface area contributed by atoms with Gasteiger partial charge in [-0.05, 0) is 47.7 Å². The van der Waals surface area contributed by atoms with E-state index in [0.29, 0.717) is 27.4 Å². The van der Waals surface area contributed by atoms with Crippen molar-refractivity contribution in [3.8, 4) is 28.7 Å². The molecule has 0 aliphatic rings. The van der Waals surface area contributed by atoms with Crippen molar-refractivity contribution in [2.75, 3.05) is 6.26 Å². The fourth-order valence-corrected chi connectivity index (χ4v) is 2.92. The number of rotatable bonds is 6. The molecule has 0 aromatic heterocycles. The summed E-state index contributed by atoms with van der Waals surface area (Å²) in [6.07, 6.45) is 5.23. The van der Waals surface area contributed by atoms with Crippen molar-refractivity contribution in [1.82, 2.24) is 5.32 Å². The predicted octanol–water partition coefficient (Wildman–Crippen LogP) is 3.21. The van der Waals surface area contributed by atoms with Gasteiger partial charge in [0.2, 0.25) is 0 Å². The Kier molecular flexibility index (Phi) is 6.59. The van der Waals surface area contributed by atoms with Crippen LogP contribution in [0.1, 0.15) is 16.7 Å². The second-order valence-electron chi connectivity index (χ2n) is 5.51. The second-order valence-corrected chi connectivity index (χ2v) is 6.82. The highest BCUT2D eigenvalue weighted by Crippen LogP contribution is 2.35. The highest BCUT2D eigenvalue weighted by atomic mass is 32.2. The Labute approximate surface area is 160 Å². The van der Waals surface area contributed by atoms with Crippen LogP contribution >= 0.6 is 24.0 Å². The molecule has 0 amide bonds. The Morgan fingerprint density at radius 3 is 2.23 bits per heavy atom. The first kappa shape index (κ1) is 19.7. The van der Waals surface area contributed by atoms with Gasteiger partial charge in [-0.1, -0.05) is 18.3 Å². The molecule has 8 heteroatoms. The summed E-state index contributed by atoms with van der Waals surface area (Å²) in [6, 6.07) is 5.84. The van der Waals surface area contributed by atoms with Crippen molar-refractivity contribution < 1.29 is 25.5 Å². The van der Waals surface area contributed by atoms with Crippen LogP contribution in [0.4, 0.5) is 0 Å². The summed E-state index contributed by atoms with van der Waals surface area (Å²) in [5.41, 5.74) is 1.86. The van der Waals surface area contributed by atoms with Crippen LogP contribution in [-0.4, -0.2) is 36.8 Å². The average Bonchev–Trinajstić information content (AvgIpc) is 2.60. The van der Waals surface area contributed by atoms with Crippen molar-refractivity contribution >= 4 is 35.0 Å². The summed E-state index contributed by atoms with van der Waals surface area (Å²) in [4.78, 5) is 0.399. The third kappa shape index (κ3) is 4.96. The van der Waals surface area contributed by atoms with Gasteiger partial charge in [0.1, 0.15) is 0 Å². The summed E-state index contributed by atoms with van der Waals surface area (Å²) in [5.74, 6) is -1.13. The first-order valence-corrected chi connectivity index (χ1v) is 9.35. The van der Waals surface area contributed by atoms with Gasteiger partial charge in [0.05, 0.1) is 4.99 Å². The number of benzene rings is 2. The maximum atomic E-state index is 9.82. The minimum absolute atomic E-state index is 0.121. The monoisotopic (exact) mass is 393 g/mol. The van der Waals surface area contributed by atoms with Gasteiger partial charge in [-0.3, -0.25) is 0 Å². The maximum Gasteiger partial charge on any atom is 0.200 e. The zero-order valence-corrected chi connectivity index (χ0v) is 15.6. The van der Waals surface area contributed by atoms with Gasteiger partial charge in [-0.2, -0.15) is 11.8 Å². The Bertz CT molecular complexity index is 829. The molecular formula is C18H19NO5S2. The maximum absolute atomic E-state index is 9.82. The van der Waals surface area contributed by atoms with Gasteiger partial charge < -0.3 is 30.8 Å². The fraction of sp³-hybridized carbons (Fsp3) is 0.167. The van der Waals surface area contributed by atoms with Gasteiger partial charge in [0.25, 0.3) is 0 Å². The van der Waals surface area contributed by atoms with Gasteiger partial charge in [-0.25, -0.2) is 0 Å². The Balaban J connectivity index is 2.04. The van der Waals surface area contributed by atoms with Crippen LogP contribution in [0.2, 0.25) is 0 Å². The first-order valence-electron chi connectivity index (χ1n) is 7.55. The molecule has 2 rings (SSSR count). The summed E-state index contributed by atoms with van der Waals surface area (Å²) in [5, 5.41) is 50.8. The van der Waals surface area contributed by atoms with Crippen molar-refractivity contribution in [3.63, 3.8) is 0 Å². The van der Waals surface area contributed by atoms with Crippen LogP contribution in [-0.2, 0) is 12.3 Å². The highest BCUT2D eigenvalue weighted by Gasteiger charge is 2.09. The molecule has 0 unspecified atom stereocenters. The molecule has 0 saturated heterocycles. The van der Waals surface area contributed by atoms with E-state index < -0.39 is 17.2 Å².